The van der Waals surface area contributed by atoms with Gasteiger partial charge in [-0.1, -0.05) is 23.2 Å². The molecule has 7 heteroatoms. The molecular weight excluding hydrogens is 349 g/mol. The Bertz CT molecular complexity index is 756. The maximum absolute atomic E-state index is 10.7. The van der Waals surface area contributed by atoms with Crippen molar-refractivity contribution in [3.8, 4) is 23.3 Å². The van der Waals surface area contributed by atoms with Gasteiger partial charge in [-0.25, -0.2) is 0 Å². The van der Waals surface area contributed by atoms with E-state index in [9.17, 15) is 4.79 Å². The van der Waals surface area contributed by atoms with E-state index in [0.29, 0.717) is 32.9 Å². The van der Waals surface area contributed by atoms with Crippen LogP contribution in [0.3, 0.4) is 0 Å². The van der Waals surface area contributed by atoms with E-state index in [4.69, 9.17) is 49.5 Å². The second-order valence-corrected chi connectivity index (χ2v) is 5.39. The summed E-state index contributed by atoms with van der Waals surface area (Å²) in [5.74, 6) is 1.03. The zero-order valence-corrected chi connectivity index (χ0v) is 13.2. The molecule has 0 unspecified atom stereocenters. The molecule has 0 N–H and O–H groups in total. The molecule has 2 aromatic rings. The molecule has 0 radical (unpaired) electrons. The van der Waals surface area contributed by atoms with Gasteiger partial charge in [-0.05, 0) is 41.9 Å². The fourth-order valence-electron chi connectivity index (χ4n) is 1.60. The Morgan fingerprint density at radius 1 is 1.14 bits per heavy atom. The zero-order valence-electron chi connectivity index (χ0n) is 11.0. The van der Waals surface area contributed by atoms with Gasteiger partial charge in [-0.2, -0.15) is 5.26 Å². The summed E-state index contributed by atoms with van der Waals surface area (Å²) >= 11 is 17.2. The normalized spacial score (nSPS) is 9.91. The van der Waals surface area contributed by atoms with Crippen LogP contribution in [0.25, 0.3) is 0 Å². The van der Waals surface area contributed by atoms with Crippen molar-refractivity contribution >= 4 is 40.0 Å². The van der Waals surface area contributed by atoms with Crippen molar-refractivity contribution in [2.24, 2.45) is 0 Å². The molecule has 112 valence electrons. The highest BCUT2D eigenvalue weighted by atomic mass is 35.5. The number of nitriles is 1. The molecule has 0 saturated heterocycles. The van der Waals surface area contributed by atoms with Crippen molar-refractivity contribution in [1.82, 2.24) is 0 Å². The largest absolute Gasteiger partial charge is 0.484 e. The molecule has 0 aliphatic rings. The summed E-state index contributed by atoms with van der Waals surface area (Å²) in [7, 11) is 0. The van der Waals surface area contributed by atoms with Gasteiger partial charge in [0.25, 0.3) is 5.24 Å². The lowest BCUT2D eigenvalue weighted by molar-refractivity contribution is -0.113. The second kappa shape index (κ2) is 7.37. The molecular formula is C15H8Cl3NO3. The topological polar surface area (TPSA) is 59.3 Å². The number of carbonyl (C=O) groups is 1. The molecule has 2 aromatic carbocycles. The van der Waals surface area contributed by atoms with Crippen LogP contribution in [0.1, 0.15) is 5.56 Å². The van der Waals surface area contributed by atoms with E-state index in [-0.39, 0.29) is 6.61 Å². The Hall–Kier alpha value is -1.93. The number of benzene rings is 2. The molecule has 0 atom stereocenters. The van der Waals surface area contributed by atoms with Crippen LogP contribution >= 0.6 is 34.8 Å². The van der Waals surface area contributed by atoms with Crippen molar-refractivity contribution in [3.63, 3.8) is 0 Å². The molecule has 0 aliphatic heterocycles. The third-order valence-corrected chi connectivity index (χ3v) is 3.12. The average Bonchev–Trinajstić information content (AvgIpc) is 2.47. The lowest BCUT2D eigenvalue weighted by Crippen LogP contribution is -2.04. The van der Waals surface area contributed by atoms with Crippen LogP contribution in [0.5, 0.6) is 17.2 Å². The molecule has 0 aliphatic carbocycles. The summed E-state index contributed by atoms with van der Waals surface area (Å²) in [4.78, 5) is 10.7. The SMILES string of the molecule is N#Cc1cc(Cl)cc(Oc2cc(OCC(=O)Cl)ccc2Cl)c1. The number of hydrogen-bond acceptors (Lipinski definition) is 4. The first kappa shape index (κ1) is 16.4. The average molecular weight is 357 g/mol. The van der Waals surface area contributed by atoms with Gasteiger partial charge >= 0.3 is 0 Å². The van der Waals surface area contributed by atoms with E-state index in [1.807, 2.05) is 6.07 Å². The molecule has 0 heterocycles. The highest BCUT2D eigenvalue weighted by molar-refractivity contribution is 6.63. The summed E-state index contributed by atoms with van der Waals surface area (Å²) in [6.45, 7) is -0.266. The van der Waals surface area contributed by atoms with Gasteiger partial charge in [-0.15, -0.1) is 0 Å². The number of rotatable bonds is 5. The quantitative estimate of drug-likeness (QED) is 0.722. The van der Waals surface area contributed by atoms with Crippen LogP contribution in [0.4, 0.5) is 0 Å². The molecule has 0 amide bonds. The van der Waals surface area contributed by atoms with Crippen molar-refractivity contribution in [3.05, 3.63) is 52.0 Å². The summed E-state index contributed by atoms with van der Waals surface area (Å²) < 4.78 is 10.8. The Balaban J connectivity index is 2.25. The van der Waals surface area contributed by atoms with Crippen molar-refractivity contribution in [2.45, 2.75) is 0 Å². The van der Waals surface area contributed by atoms with Gasteiger partial charge in [0, 0.05) is 11.1 Å². The first-order chi connectivity index (χ1) is 10.5. The lowest BCUT2D eigenvalue weighted by Gasteiger charge is -2.10. The van der Waals surface area contributed by atoms with E-state index in [1.165, 1.54) is 18.2 Å². The number of carbonyl (C=O) groups excluding carboxylic acids is 1. The van der Waals surface area contributed by atoms with Crippen molar-refractivity contribution in [2.75, 3.05) is 6.61 Å². The van der Waals surface area contributed by atoms with Gasteiger partial charge in [0.15, 0.2) is 6.61 Å². The molecule has 4 nitrogen and oxygen atoms in total. The van der Waals surface area contributed by atoms with Crippen molar-refractivity contribution in [1.29, 1.82) is 5.26 Å². The Morgan fingerprint density at radius 3 is 2.59 bits per heavy atom. The number of nitrogens with zero attached hydrogens (tertiary/aromatic N) is 1. The molecule has 0 spiro atoms. The maximum Gasteiger partial charge on any atom is 0.259 e. The van der Waals surface area contributed by atoms with Crippen LogP contribution in [-0.2, 0) is 4.79 Å². The lowest BCUT2D eigenvalue weighted by atomic mass is 10.2. The van der Waals surface area contributed by atoms with Crippen LogP contribution in [0.15, 0.2) is 36.4 Å². The smallest absolute Gasteiger partial charge is 0.259 e. The Morgan fingerprint density at radius 2 is 1.91 bits per heavy atom. The maximum atomic E-state index is 10.7. The zero-order chi connectivity index (χ0) is 16.1. The molecule has 0 aromatic heterocycles. The van der Waals surface area contributed by atoms with E-state index >= 15 is 0 Å². The summed E-state index contributed by atoms with van der Waals surface area (Å²) in [5.41, 5.74) is 0.360. The van der Waals surface area contributed by atoms with Gasteiger partial charge in [0.05, 0.1) is 16.7 Å². The van der Waals surface area contributed by atoms with Crippen LogP contribution < -0.4 is 9.47 Å². The number of ether oxygens (including phenoxy) is 2. The van der Waals surface area contributed by atoms with E-state index in [2.05, 4.69) is 0 Å². The van der Waals surface area contributed by atoms with Gasteiger partial charge in [0.1, 0.15) is 17.2 Å². The Labute approximate surface area is 141 Å². The van der Waals surface area contributed by atoms with E-state index in [0.717, 1.165) is 0 Å². The number of hydrogen-bond donors (Lipinski definition) is 0. The Kier molecular flexibility index (Phi) is 5.51. The molecule has 22 heavy (non-hydrogen) atoms. The first-order valence-electron chi connectivity index (χ1n) is 5.97. The molecule has 0 saturated carbocycles. The predicted molar refractivity (Wildman–Crippen MR) is 84.0 cm³/mol. The van der Waals surface area contributed by atoms with Crippen LogP contribution in [0.2, 0.25) is 10.0 Å². The van der Waals surface area contributed by atoms with Gasteiger partial charge < -0.3 is 9.47 Å². The minimum absolute atomic E-state index is 0.266. The minimum Gasteiger partial charge on any atom is -0.484 e. The fraction of sp³-hybridized carbons (Fsp3) is 0.0667. The molecule has 0 bridgehead atoms. The highest BCUT2D eigenvalue weighted by Crippen LogP contribution is 2.34. The summed E-state index contributed by atoms with van der Waals surface area (Å²) in [6, 6.07) is 11.2. The van der Waals surface area contributed by atoms with Crippen molar-refractivity contribution < 1.29 is 14.3 Å². The van der Waals surface area contributed by atoms with Gasteiger partial charge in [-0.3, -0.25) is 4.79 Å². The third kappa shape index (κ3) is 4.54. The fourth-order valence-corrected chi connectivity index (χ4v) is 2.04. The minimum atomic E-state index is -0.620. The summed E-state index contributed by atoms with van der Waals surface area (Å²) in [5, 5.41) is 9.00. The number of halogens is 3. The molecule has 2 rings (SSSR count). The highest BCUT2D eigenvalue weighted by Gasteiger charge is 2.08. The van der Waals surface area contributed by atoms with Gasteiger partial charge in [0.2, 0.25) is 0 Å². The van der Waals surface area contributed by atoms with Crippen LogP contribution in [0, 0.1) is 11.3 Å². The first-order valence-corrected chi connectivity index (χ1v) is 7.10. The predicted octanol–water partition coefficient (Wildman–Crippen LogP) is 4.80. The second-order valence-electron chi connectivity index (χ2n) is 4.13. The van der Waals surface area contributed by atoms with E-state index in [1.54, 1.807) is 18.2 Å². The standard InChI is InChI=1S/C15H8Cl3NO3/c16-10-3-9(7-19)4-12(5-10)22-14-6-11(1-2-13(14)17)21-8-15(18)20/h1-6H,8H2. The monoisotopic (exact) mass is 355 g/mol. The third-order valence-electron chi connectivity index (χ3n) is 2.48. The summed E-state index contributed by atoms with van der Waals surface area (Å²) in [6.07, 6.45) is 0. The van der Waals surface area contributed by atoms with E-state index < -0.39 is 5.24 Å². The van der Waals surface area contributed by atoms with Crippen LogP contribution in [-0.4, -0.2) is 11.8 Å². The molecule has 0 fully saturated rings.